The van der Waals surface area contributed by atoms with Crippen LogP contribution in [0.5, 0.6) is 0 Å². The monoisotopic (exact) mass is 314 g/mol. The summed E-state index contributed by atoms with van der Waals surface area (Å²) < 4.78 is 26.4. The van der Waals surface area contributed by atoms with Gasteiger partial charge >= 0.3 is 5.97 Å². The van der Waals surface area contributed by atoms with E-state index in [1.54, 1.807) is 6.92 Å². The molecule has 1 aromatic rings. The predicted octanol–water partition coefficient (Wildman–Crippen LogP) is 0.358. The molecule has 8 heteroatoms. The van der Waals surface area contributed by atoms with Crippen LogP contribution in [0, 0.1) is 5.92 Å². The molecule has 0 aromatic heterocycles. The molecule has 1 aliphatic rings. The number of aliphatic hydroxyl groups is 1. The van der Waals surface area contributed by atoms with Gasteiger partial charge in [0.15, 0.2) is 0 Å². The number of aliphatic hydroxyl groups excluding tert-OH is 1. The van der Waals surface area contributed by atoms with Gasteiger partial charge in [0.25, 0.3) is 0 Å². The number of nitrogens with zero attached hydrogens (tertiary/aromatic N) is 1. The van der Waals surface area contributed by atoms with E-state index in [4.69, 9.17) is 10.8 Å². The van der Waals surface area contributed by atoms with Gasteiger partial charge in [0, 0.05) is 18.8 Å². The second-order valence-electron chi connectivity index (χ2n) is 5.21. The summed E-state index contributed by atoms with van der Waals surface area (Å²) in [7, 11) is -3.94. The first-order valence-corrected chi connectivity index (χ1v) is 7.98. The first-order chi connectivity index (χ1) is 9.73. The number of sulfonamides is 1. The Morgan fingerprint density at radius 1 is 1.48 bits per heavy atom. The molecule has 1 aliphatic heterocycles. The van der Waals surface area contributed by atoms with Crippen LogP contribution < -0.4 is 5.73 Å². The summed E-state index contributed by atoms with van der Waals surface area (Å²) >= 11 is 0. The van der Waals surface area contributed by atoms with Crippen molar-refractivity contribution in [2.45, 2.75) is 24.3 Å². The van der Waals surface area contributed by atoms with E-state index in [9.17, 15) is 18.3 Å². The van der Waals surface area contributed by atoms with Gasteiger partial charge in [-0.15, -0.1) is 0 Å². The summed E-state index contributed by atoms with van der Waals surface area (Å²) in [6, 6.07) is 3.70. The number of rotatable bonds is 4. The molecule has 2 atom stereocenters. The fourth-order valence-corrected chi connectivity index (χ4v) is 4.16. The van der Waals surface area contributed by atoms with E-state index in [0.29, 0.717) is 6.42 Å². The normalized spacial score (nSPS) is 21.3. The zero-order valence-electron chi connectivity index (χ0n) is 11.6. The Morgan fingerprint density at radius 3 is 2.67 bits per heavy atom. The number of hydrogen-bond acceptors (Lipinski definition) is 5. The number of benzene rings is 1. The molecule has 1 fully saturated rings. The van der Waals surface area contributed by atoms with E-state index in [1.165, 1.54) is 16.4 Å². The molecule has 21 heavy (non-hydrogen) atoms. The fraction of sp³-hybridized carbons (Fsp3) is 0.462. The average molecular weight is 314 g/mol. The highest BCUT2D eigenvalue weighted by Gasteiger charge is 2.36. The van der Waals surface area contributed by atoms with Crippen molar-refractivity contribution in [2.24, 2.45) is 5.92 Å². The van der Waals surface area contributed by atoms with Crippen LogP contribution in [0.4, 0.5) is 5.69 Å². The molecule has 1 heterocycles. The highest BCUT2D eigenvalue weighted by Crippen LogP contribution is 2.29. The van der Waals surface area contributed by atoms with Gasteiger partial charge in [-0.05, 0) is 37.5 Å². The number of anilines is 1. The van der Waals surface area contributed by atoms with Crippen LogP contribution in [0.15, 0.2) is 23.1 Å². The third-order valence-corrected chi connectivity index (χ3v) is 5.63. The molecule has 0 aliphatic carbocycles. The lowest BCUT2D eigenvalue weighted by Crippen LogP contribution is -2.31. The maximum absolute atomic E-state index is 12.6. The Morgan fingerprint density at radius 2 is 2.14 bits per heavy atom. The minimum Gasteiger partial charge on any atom is -0.478 e. The van der Waals surface area contributed by atoms with E-state index < -0.39 is 22.1 Å². The molecule has 1 aromatic carbocycles. The lowest BCUT2D eigenvalue weighted by atomic mass is 10.0. The molecule has 0 spiro atoms. The van der Waals surface area contributed by atoms with Crippen molar-refractivity contribution >= 4 is 21.7 Å². The molecule has 1 saturated heterocycles. The molecule has 0 radical (unpaired) electrons. The smallest absolute Gasteiger partial charge is 0.337 e. The van der Waals surface area contributed by atoms with Crippen molar-refractivity contribution in [3.05, 3.63) is 23.8 Å². The lowest BCUT2D eigenvalue weighted by molar-refractivity contribution is 0.0692. The third-order valence-electron chi connectivity index (χ3n) is 3.72. The predicted molar refractivity (Wildman–Crippen MR) is 76.4 cm³/mol. The second-order valence-corrected chi connectivity index (χ2v) is 7.12. The molecule has 2 rings (SSSR count). The molecular formula is C13H18N2O5S. The minimum atomic E-state index is -3.94. The van der Waals surface area contributed by atoms with Crippen molar-refractivity contribution in [3.8, 4) is 0 Å². The van der Waals surface area contributed by atoms with Crippen LogP contribution in [0.2, 0.25) is 0 Å². The van der Waals surface area contributed by atoms with Crippen molar-refractivity contribution in [1.82, 2.24) is 4.31 Å². The molecule has 0 bridgehead atoms. The largest absolute Gasteiger partial charge is 0.478 e. The Balaban J connectivity index is 2.41. The van der Waals surface area contributed by atoms with E-state index in [0.717, 1.165) is 6.07 Å². The molecule has 0 amide bonds. The summed E-state index contributed by atoms with van der Waals surface area (Å²) in [4.78, 5) is 10.9. The Bertz CT molecular complexity index is 657. The van der Waals surface area contributed by atoms with E-state index >= 15 is 0 Å². The summed E-state index contributed by atoms with van der Waals surface area (Å²) in [5, 5.41) is 18.7. The quantitative estimate of drug-likeness (QED) is 0.690. The van der Waals surface area contributed by atoms with Crippen LogP contribution in [-0.2, 0) is 10.0 Å². The number of nitrogen functional groups attached to an aromatic ring is 1. The Kier molecular flexibility index (Phi) is 4.22. The van der Waals surface area contributed by atoms with Crippen LogP contribution >= 0.6 is 0 Å². The third kappa shape index (κ3) is 3.02. The van der Waals surface area contributed by atoms with E-state index in [1.807, 2.05) is 0 Å². The van der Waals surface area contributed by atoms with Crippen molar-refractivity contribution in [3.63, 3.8) is 0 Å². The lowest BCUT2D eigenvalue weighted by Gasteiger charge is -2.19. The molecular weight excluding hydrogens is 296 g/mol. The average Bonchev–Trinajstić information content (AvgIpc) is 2.88. The minimum absolute atomic E-state index is 0.144. The van der Waals surface area contributed by atoms with Gasteiger partial charge in [0.05, 0.1) is 16.6 Å². The highest BCUT2D eigenvalue weighted by atomic mass is 32.2. The zero-order valence-corrected chi connectivity index (χ0v) is 12.4. The van der Waals surface area contributed by atoms with Gasteiger partial charge in [-0.25, -0.2) is 13.2 Å². The standard InChI is InChI=1S/C13H18N2O5S/c1-8(16)9-4-5-15(7-9)21(19,20)12-6-10(14)2-3-11(12)13(17)18/h2-3,6,8-9,16H,4-5,7,14H2,1H3,(H,17,18). The van der Waals surface area contributed by atoms with Crippen molar-refractivity contribution in [2.75, 3.05) is 18.8 Å². The number of carboxylic acids is 1. The maximum atomic E-state index is 12.6. The highest BCUT2D eigenvalue weighted by molar-refractivity contribution is 7.89. The zero-order chi connectivity index (χ0) is 15.8. The molecule has 4 N–H and O–H groups in total. The number of aromatic carboxylic acids is 1. The number of carbonyl (C=O) groups is 1. The van der Waals surface area contributed by atoms with Gasteiger partial charge in [-0.3, -0.25) is 0 Å². The molecule has 2 unspecified atom stereocenters. The summed E-state index contributed by atoms with van der Waals surface area (Å²) in [6.45, 7) is 2.05. The topological polar surface area (TPSA) is 121 Å². The van der Waals surface area contributed by atoms with Gasteiger partial charge in [0.1, 0.15) is 0 Å². The van der Waals surface area contributed by atoms with Crippen LogP contribution in [0.1, 0.15) is 23.7 Å². The van der Waals surface area contributed by atoms with Crippen LogP contribution in [-0.4, -0.2) is 48.1 Å². The summed E-state index contributed by atoms with van der Waals surface area (Å²) in [6.07, 6.45) is -0.0632. The SMILES string of the molecule is CC(O)C1CCN(S(=O)(=O)c2cc(N)ccc2C(=O)O)C1. The van der Waals surface area contributed by atoms with Gasteiger partial charge in [0.2, 0.25) is 10.0 Å². The first-order valence-electron chi connectivity index (χ1n) is 6.54. The van der Waals surface area contributed by atoms with Crippen molar-refractivity contribution in [1.29, 1.82) is 0 Å². The number of nitrogens with two attached hydrogens (primary N) is 1. The van der Waals surface area contributed by atoms with Crippen LogP contribution in [0.25, 0.3) is 0 Å². The number of hydrogen-bond donors (Lipinski definition) is 3. The van der Waals surface area contributed by atoms with E-state index in [-0.39, 0.29) is 35.2 Å². The maximum Gasteiger partial charge on any atom is 0.337 e. The molecule has 0 saturated carbocycles. The summed E-state index contributed by atoms with van der Waals surface area (Å²) in [5.74, 6) is -1.46. The van der Waals surface area contributed by atoms with Gasteiger partial charge in [-0.1, -0.05) is 0 Å². The summed E-state index contributed by atoms with van der Waals surface area (Å²) in [5.41, 5.74) is 5.47. The van der Waals surface area contributed by atoms with Gasteiger partial charge in [-0.2, -0.15) is 4.31 Å². The van der Waals surface area contributed by atoms with E-state index in [2.05, 4.69) is 0 Å². The first kappa shape index (κ1) is 15.7. The fourth-order valence-electron chi connectivity index (χ4n) is 2.43. The Labute approximate surface area is 123 Å². The van der Waals surface area contributed by atoms with Crippen LogP contribution in [0.3, 0.4) is 0 Å². The van der Waals surface area contributed by atoms with Crippen molar-refractivity contribution < 1.29 is 23.4 Å². The Hall–Kier alpha value is -1.64. The molecule has 116 valence electrons. The second kappa shape index (κ2) is 5.63. The molecule has 7 nitrogen and oxygen atoms in total. The number of carboxylic acid groups (broad SMARTS) is 1. The van der Waals surface area contributed by atoms with Gasteiger partial charge < -0.3 is 15.9 Å².